The van der Waals surface area contributed by atoms with Crippen molar-refractivity contribution in [3.63, 3.8) is 0 Å². The zero-order valence-electron chi connectivity index (χ0n) is 15.4. The number of hydrogen-bond acceptors (Lipinski definition) is 3. The number of benzene rings is 3. The maximum atomic E-state index is 6.36. The zero-order valence-corrected chi connectivity index (χ0v) is 16.2. The fraction of sp³-hybridized carbons (Fsp3) is 0.0833. The van der Waals surface area contributed by atoms with Gasteiger partial charge in [0, 0.05) is 26.2 Å². The molecule has 0 saturated heterocycles. The van der Waals surface area contributed by atoms with E-state index in [9.17, 15) is 0 Å². The molecule has 0 atom stereocenters. The molecule has 3 nitrogen and oxygen atoms in total. The Balaban J connectivity index is 1.83. The summed E-state index contributed by atoms with van der Waals surface area (Å²) in [6.07, 6.45) is 0. The van der Waals surface area contributed by atoms with Crippen molar-refractivity contribution in [1.82, 2.24) is 4.40 Å². The summed E-state index contributed by atoms with van der Waals surface area (Å²) in [6.45, 7) is 2.10. The Morgan fingerprint density at radius 2 is 1.71 bits per heavy atom. The normalized spacial score (nSPS) is 12.6. The van der Waals surface area contributed by atoms with E-state index in [1.807, 2.05) is 17.4 Å². The largest absolute Gasteiger partial charge is 0.497 e. The zero-order chi connectivity index (χ0) is 18.6. The van der Waals surface area contributed by atoms with Crippen LogP contribution in [0.4, 0.5) is 0 Å². The second-order valence-electron chi connectivity index (χ2n) is 7.46. The van der Waals surface area contributed by atoms with E-state index in [-0.39, 0.29) is 0 Å². The number of hydrogen-bond donors (Lipinski definition) is 0. The van der Waals surface area contributed by atoms with E-state index in [1.54, 1.807) is 7.11 Å². The lowest BCUT2D eigenvalue weighted by atomic mass is 10.1. The van der Waals surface area contributed by atoms with Crippen LogP contribution in [0.3, 0.4) is 0 Å². The number of aryl methyl sites for hydroxylation is 1. The molecule has 0 N–H and O–H groups in total. The third kappa shape index (κ3) is 1.57. The van der Waals surface area contributed by atoms with Crippen LogP contribution in [0.1, 0.15) is 5.56 Å². The van der Waals surface area contributed by atoms with Gasteiger partial charge in [0.15, 0.2) is 5.58 Å². The molecule has 7 rings (SSSR count). The minimum absolute atomic E-state index is 0.896. The predicted octanol–water partition coefficient (Wildman–Crippen LogP) is 7.11. The first-order chi connectivity index (χ1) is 13.7. The topological polar surface area (TPSA) is 26.8 Å². The molecule has 0 aliphatic heterocycles. The number of para-hydroxylation sites is 1. The number of nitrogens with zero attached hydrogens (tertiary/aromatic N) is 1. The highest BCUT2D eigenvalue weighted by Gasteiger charge is 2.24. The van der Waals surface area contributed by atoms with Gasteiger partial charge in [-0.2, -0.15) is 0 Å². The first kappa shape index (κ1) is 14.8. The van der Waals surface area contributed by atoms with E-state index < -0.39 is 0 Å². The van der Waals surface area contributed by atoms with Gasteiger partial charge in [0.2, 0.25) is 0 Å². The molecule has 4 heterocycles. The molecule has 0 aliphatic rings. The molecule has 4 heteroatoms. The molecule has 0 aliphatic carbocycles. The molecule has 0 amide bonds. The van der Waals surface area contributed by atoms with Crippen LogP contribution in [0, 0.1) is 6.92 Å². The lowest BCUT2D eigenvalue weighted by Crippen LogP contribution is -1.82. The monoisotopic (exact) mass is 381 g/mol. The first-order valence-corrected chi connectivity index (χ1v) is 10.1. The molecule has 3 aromatic carbocycles. The van der Waals surface area contributed by atoms with Crippen molar-refractivity contribution < 1.29 is 9.15 Å². The number of ether oxygens (including phenoxy) is 1. The summed E-state index contributed by atoms with van der Waals surface area (Å²) in [5, 5.41) is 4.91. The molecule has 7 aromatic rings. The molecule has 0 saturated carbocycles. The average molecular weight is 381 g/mol. The first-order valence-electron chi connectivity index (χ1n) is 9.32. The Kier molecular flexibility index (Phi) is 2.52. The molecule has 0 unspecified atom stereocenters. The lowest BCUT2D eigenvalue weighted by Gasteiger charge is -2.00. The van der Waals surface area contributed by atoms with E-state index in [4.69, 9.17) is 9.15 Å². The Morgan fingerprint density at radius 3 is 2.61 bits per heavy atom. The molecule has 4 aromatic heterocycles. The van der Waals surface area contributed by atoms with Crippen LogP contribution in [-0.2, 0) is 0 Å². The van der Waals surface area contributed by atoms with Gasteiger partial charge in [-0.3, -0.25) is 0 Å². The maximum absolute atomic E-state index is 6.36. The van der Waals surface area contributed by atoms with Gasteiger partial charge in [-0.05, 0) is 48.9 Å². The van der Waals surface area contributed by atoms with Gasteiger partial charge in [-0.25, -0.2) is 0 Å². The third-order valence-corrected chi connectivity index (χ3v) is 7.06. The van der Waals surface area contributed by atoms with Gasteiger partial charge in [0.1, 0.15) is 16.8 Å². The van der Waals surface area contributed by atoms with Crippen LogP contribution in [0.2, 0.25) is 0 Å². The fourth-order valence-corrected chi connectivity index (χ4v) is 5.92. The molecule has 0 bridgehead atoms. The highest BCUT2D eigenvalue weighted by atomic mass is 32.1. The van der Waals surface area contributed by atoms with Crippen molar-refractivity contribution in [1.29, 1.82) is 0 Å². The Morgan fingerprint density at radius 1 is 0.857 bits per heavy atom. The van der Waals surface area contributed by atoms with Gasteiger partial charge in [0.25, 0.3) is 0 Å². The number of fused-ring (bicyclic) bond motifs is 10. The number of rotatable bonds is 1. The summed E-state index contributed by atoms with van der Waals surface area (Å²) in [7, 11) is 1.72. The van der Waals surface area contributed by atoms with Crippen molar-refractivity contribution >= 4 is 70.0 Å². The van der Waals surface area contributed by atoms with Crippen LogP contribution in [0.25, 0.3) is 58.7 Å². The summed E-state index contributed by atoms with van der Waals surface area (Å²) >= 11 is 1.84. The minimum Gasteiger partial charge on any atom is -0.497 e. The van der Waals surface area contributed by atoms with Crippen molar-refractivity contribution in [2.45, 2.75) is 6.92 Å². The molecule has 0 radical (unpaired) electrons. The highest BCUT2D eigenvalue weighted by Crippen LogP contribution is 2.47. The van der Waals surface area contributed by atoms with E-state index >= 15 is 0 Å². The van der Waals surface area contributed by atoms with Crippen molar-refractivity contribution in [2.24, 2.45) is 0 Å². The second kappa shape index (κ2) is 4.78. The van der Waals surface area contributed by atoms with Gasteiger partial charge in [-0.15, -0.1) is 11.3 Å². The number of aromatic nitrogens is 1. The molecule has 0 fully saturated rings. The number of furan rings is 1. The standard InChI is InChI=1S/C24H15NO2S/c1-12-6-8-14-18(10-12)27-23-16-4-3-5-17-20(16)25(21(14)23)22-15-9-7-13(26-2)11-19(15)28-24(17)22/h3-11H,1-2H3. The predicted molar refractivity (Wildman–Crippen MR) is 118 cm³/mol. The average Bonchev–Trinajstić information content (AvgIpc) is 3.41. The van der Waals surface area contributed by atoms with Crippen LogP contribution in [0.5, 0.6) is 5.75 Å². The number of methoxy groups -OCH3 is 1. The molecule has 28 heavy (non-hydrogen) atoms. The quantitative estimate of drug-likeness (QED) is 0.303. The second-order valence-corrected chi connectivity index (χ2v) is 8.51. The molecule has 134 valence electrons. The summed E-state index contributed by atoms with van der Waals surface area (Å²) in [4.78, 5) is 0. The third-order valence-electron chi connectivity index (χ3n) is 5.89. The SMILES string of the molecule is COc1ccc2c(c1)sc1c3cccc4c5oc6cc(C)ccc6c5n(c43)c21. The van der Waals surface area contributed by atoms with E-state index in [2.05, 4.69) is 59.9 Å². The van der Waals surface area contributed by atoms with E-state index in [0.717, 1.165) is 16.9 Å². The summed E-state index contributed by atoms with van der Waals surface area (Å²) in [5.41, 5.74) is 6.85. The summed E-state index contributed by atoms with van der Waals surface area (Å²) in [6, 6.07) is 19.4. The Labute approximate surface area is 163 Å². The van der Waals surface area contributed by atoms with E-state index in [1.165, 1.54) is 53.1 Å². The Bertz CT molecular complexity index is 1710. The Hall–Kier alpha value is -3.24. The van der Waals surface area contributed by atoms with Crippen LogP contribution >= 0.6 is 11.3 Å². The smallest absolute Gasteiger partial charge is 0.161 e. The van der Waals surface area contributed by atoms with Crippen LogP contribution in [0.15, 0.2) is 59.0 Å². The van der Waals surface area contributed by atoms with Gasteiger partial charge >= 0.3 is 0 Å². The van der Waals surface area contributed by atoms with Gasteiger partial charge in [-0.1, -0.05) is 18.2 Å². The van der Waals surface area contributed by atoms with Gasteiger partial charge < -0.3 is 13.6 Å². The molecule has 0 spiro atoms. The van der Waals surface area contributed by atoms with Crippen LogP contribution < -0.4 is 4.74 Å². The fourth-order valence-electron chi connectivity index (χ4n) is 4.68. The van der Waals surface area contributed by atoms with Crippen molar-refractivity contribution in [2.75, 3.05) is 7.11 Å². The summed E-state index contributed by atoms with van der Waals surface area (Å²) in [5.74, 6) is 0.896. The van der Waals surface area contributed by atoms with Gasteiger partial charge in [0.05, 0.1) is 22.8 Å². The molecular weight excluding hydrogens is 366 g/mol. The molecular formula is C24H15NO2S. The summed E-state index contributed by atoms with van der Waals surface area (Å²) < 4.78 is 16.8. The minimum atomic E-state index is 0.896. The van der Waals surface area contributed by atoms with Crippen molar-refractivity contribution in [3.05, 3.63) is 60.2 Å². The lowest BCUT2D eigenvalue weighted by molar-refractivity contribution is 0.415. The maximum Gasteiger partial charge on any atom is 0.161 e. The number of thiophene rings is 1. The van der Waals surface area contributed by atoms with Crippen LogP contribution in [-0.4, -0.2) is 11.5 Å². The van der Waals surface area contributed by atoms with Crippen molar-refractivity contribution in [3.8, 4) is 5.75 Å². The highest BCUT2D eigenvalue weighted by molar-refractivity contribution is 7.26. The van der Waals surface area contributed by atoms with E-state index in [0.29, 0.717) is 0 Å².